The fraction of sp³-hybridized carbons (Fsp3) is 0.300. The Balaban J connectivity index is 1.38. The van der Waals surface area contributed by atoms with Crippen LogP contribution in [-0.4, -0.2) is 42.9 Å². The van der Waals surface area contributed by atoms with Gasteiger partial charge in [0.1, 0.15) is 11.6 Å². The van der Waals surface area contributed by atoms with E-state index < -0.39 is 17.5 Å². The maximum absolute atomic E-state index is 13.5. The van der Waals surface area contributed by atoms with Crippen molar-refractivity contribution in [3.05, 3.63) is 70.8 Å². The van der Waals surface area contributed by atoms with Gasteiger partial charge in [-0.25, -0.2) is 8.78 Å². The zero-order chi connectivity index (χ0) is 19.2. The number of hydrogen-bond acceptors (Lipinski definition) is 3. The Morgan fingerprint density at radius 1 is 1.04 bits per heavy atom. The summed E-state index contributed by atoms with van der Waals surface area (Å²) < 4.78 is 26.4. The molecule has 2 N–H and O–H groups in total. The van der Waals surface area contributed by atoms with Gasteiger partial charge in [0.25, 0.3) is 5.91 Å². The molecule has 0 aliphatic carbocycles. The lowest BCUT2D eigenvalue weighted by molar-refractivity contribution is -0.120. The summed E-state index contributed by atoms with van der Waals surface area (Å²) in [5.74, 6) is -2.83. The van der Waals surface area contributed by atoms with Gasteiger partial charge in [-0.15, -0.1) is 0 Å². The highest BCUT2D eigenvalue weighted by molar-refractivity contribution is 5.96. The molecule has 5 nitrogen and oxygen atoms in total. The number of halogens is 2. The Labute approximate surface area is 156 Å². The minimum Gasteiger partial charge on any atom is -0.353 e. The molecule has 2 aromatic rings. The minimum atomic E-state index is -0.960. The summed E-state index contributed by atoms with van der Waals surface area (Å²) in [6, 6.07) is 11.0. The molecule has 142 valence electrons. The molecule has 0 saturated heterocycles. The molecule has 0 unspecified atom stereocenters. The fourth-order valence-electron chi connectivity index (χ4n) is 3.09. The quantitative estimate of drug-likeness (QED) is 0.813. The summed E-state index contributed by atoms with van der Waals surface area (Å²) in [5, 5.41) is 5.07. The fourth-order valence-corrected chi connectivity index (χ4v) is 3.09. The highest BCUT2D eigenvalue weighted by Gasteiger charge is 2.16. The van der Waals surface area contributed by atoms with Crippen molar-refractivity contribution in [1.29, 1.82) is 0 Å². The highest BCUT2D eigenvalue weighted by Crippen LogP contribution is 2.17. The maximum atomic E-state index is 13.5. The number of rotatable bonds is 6. The number of benzene rings is 2. The van der Waals surface area contributed by atoms with Crippen molar-refractivity contribution in [2.75, 3.05) is 26.2 Å². The van der Waals surface area contributed by atoms with Crippen molar-refractivity contribution in [3.63, 3.8) is 0 Å². The van der Waals surface area contributed by atoms with Gasteiger partial charge in [-0.1, -0.05) is 24.3 Å². The molecule has 0 atom stereocenters. The molecule has 0 bridgehead atoms. The van der Waals surface area contributed by atoms with E-state index in [-0.39, 0.29) is 18.0 Å². The van der Waals surface area contributed by atoms with Crippen LogP contribution in [0, 0.1) is 11.6 Å². The first-order valence-corrected chi connectivity index (χ1v) is 8.82. The van der Waals surface area contributed by atoms with Crippen LogP contribution in [0.15, 0.2) is 42.5 Å². The number of nitrogens with zero attached hydrogens (tertiary/aromatic N) is 1. The molecule has 0 fully saturated rings. The van der Waals surface area contributed by atoms with E-state index >= 15 is 0 Å². The predicted octanol–water partition coefficient (Wildman–Crippen LogP) is 1.87. The van der Waals surface area contributed by atoms with E-state index in [1.807, 2.05) is 12.1 Å². The van der Waals surface area contributed by atoms with Crippen molar-refractivity contribution in [2.24, 2.45) is 0 Å². The Morgan fingerprint density at radius 3 is 2.59 bits per heavy atom. The standard InChI is InChI=1S/C20H21F2N3O2/c21-16-5-6-17(18(22)11-16)20(27)24-12-19(26)23-8-10-25-9-7-14-3-1-2-4-15(14)13-25/h1-6,11H,7-10,12-13H2,(H,23,26)(H,24,27). The van der Waals surface area contributed by atoms with E-state index in [0.717, 1.165) is 31.6 Å². The zero-order valence-corrected chi connectivity index (χ0v) is 14.8. The molecule has 2 aromatic carbocycles. The summed E-state index contributed by atoms with van der Waals surface area (Å²) in [7, 11) is 0. The van der Waals surface area contributed by atoms with E-state index in [1.165, 1.54) is 11.1 Å². The van der Waals surface area contributed by atoms with Crippen LogP contribution >= 0.6 is 0 Å². The molecular weight excluding hydrogens is 352 g/mol. The lowest BCUT2D eigenvalue weighted by Crippen LogP contribution is -2.41. The molecular formula is C20H21F2N3O2. The molecule has 2 amide bonds. The van der Waals surface area contributed by atoms with Gasteiger partial charge in [0.2, 0.25) is 5.91 Å². The van der Waals surface area contributed by atoms with Gasteiger partial charge in [-0.2, -0.15) is 0 Å². The SMILES string of the molecule is O=C(CNC(=O)c1ccc(F)cc1F)NCCN1CCc2ccccc2C1. The molecule has 1 heterocycles. The van der Waals surface area contributed by atoms with Crippen LogP contribution in [0.25, 0.3) is 0 Å². The third-order valence-electron chi connectivity index (χ3n) is 4.55. The second kappa shape index (κ2) is 8.73. The van der Waals surface area contributed by atoms with Gasteiger partial charge in [0.15, 0.2) is 0 Å². The maximum Gasteiger partial charge on any atom is 0.254 e. The van der Waals surface area contributed by atoms with Crippen LogP contribution in [0.5, 0.6) is 0 Å². The summed E-state index contributed by atoms with van der Waals surface area (Å²) >= 11 is 0. The third-order valence-corrected chi connectivity index (χ3v) is 4.55. The van der Waals surface area contributed by atoms with E-state index in [4.69, 9.17) is 0 Å². The van der Waals surface area contributed by atoms with Crippen LogP contribution in [-0.2, 0) is 17.8 Å². The Kier molecular flexibility index (Phi) is 6.13. The first-order valence-electron chi connectivity index (χ1n) is 8.82. The first kappa shape index (κ1) is 19.0. The topological polar surface area (TPSA) is 61.4 Å². The van der Waals surface area contributed by atoms with E-state index in [1.54, 1.807) is 0 Å². The predicted molar refractivity (Wildman–Crippen MR) is 97.1 cm³/mol. The number of nitrogens with one attached hydrogen (secondary N) is 2. The number of amides is 2. The van der Waals surface area contributed by atoms with Crippen LogP contribution in [0.2, 0.25) is 0 Å². The summed E-state index contributed by atoms with van der Waals surface area (Å²) in [5.41, 5.74) is 2.38. The molecule has 0 spiro atoms. The summed E-state index contributed by atoms with van der Waals surface area (Å²) in [6.07, 6.45) is 0.989. The van der Waals surface area contributed by atoms with Crippen molar-refractivity contribution in [3.8, 4) is 0 Å². The lowest BCUT2D eigenvalue weighted by Gasteiger charge is -2.28. The van der Waals surface area contributed by atoms with Gasteiger partial charge in [-0.05, 0) is 29.7 Å². The molecule has 0 saturated carbocycles. The average Bonchev–Trinajstić information content (AvgIpc) is 2.66. The molecule has 1 aliphatic heterocycles. The van der Waals surface area contributed by atoms with E-state index in [0.29, 0.717) is 19.2 Å². The first-order chi connectivity index (χ1) is 13.0. The molecule has 3 rings (SSSR count). The van der Waals surface area contributed by atoms with Crippen molar-refractivity contribution < 1.29 is 18.4 Å². The van der Waals surface area contributed by atoms with Crippen LogP contribution in [0.3, 0.4) is 0 Å². The van der Waals surface area contributed by atoms with Gasteiger partial charge >= 0.3 is 0 Å². The normalized spacial score (nSPS) is 13.7. The van der Waals surface area contributed by atoms with Crippen LogP contribution < -0.4 is 10.6 Å². The monoisotopic (exact) mass is 373 g/mol. The van der Waals surface area contributed by atoms with Crippen molar-refractivity contribution in [1.82, 2.24) is 15.5 Å². The van der Waals surface area contributed by atoms with Gasteiger partial charge in [0, 0.05) is 32.2 Å². The Bertz CT molecular complexity index is 842. The van der Waals surface area contributed by atoms with Crippen molar-refractivity contribution >= 4 is 11.8 Å². The van der Waals surface area contributed by atoms with E-state index in [9.17, 15) is 18.4 Å². The van der Waals surface area contributed by atoms with Crippen LogP contribution in [0.1, 0.15) is 21.5 Å². The van der Waals surface area contributed by atoms with E-state index in [2.05, 4.69) is 27.7 Å². The molecule has 0 radical (unpaired) electrons. The number of carbonyl (C=O) groups excluding carboxylic acids is 2. The molecule has 1 aliphatic rings. The number of hydrogen-bond donors (Lipinski definition) is 2. The molecule has 27 heavy (non-hydrogen) atoms. The second-order valence-corrected chi connectivity index (χ2v) is 6.45. The number of fused-ring (bicyclic) bond motifs is 1. The average molecular weight is 373 g/mol. The Morgan fingerprint density at radius 2 is 1.81 bits per heavy atom. The largest absolute Gasteiger partial charge is 0.353 e. The Hall–Kier alpha value is -2.80. The summed E-state index contributed by atoms with van der Waals surface area (Å²) in [4.78, 5) is 26.0. The van der Waals surface area contributed by atoms with Gasteiger partial charge < -0.3 is 10.6 Å². The molecule has 0 aromatic heterocycles. The van der Waals surface area contributed by atoms with Crippen molar-refractivity contribution in [2.45, 2.75) is 13.0 Å². The summed E-state index contributed by atoms with van der Waals surface area (Å²) in [6.45, 7) is 2.70. The highest BCUT2D eigenvalue weighted by atomic mass is 19.1. The van der Waals surface area contributed by atoms with Gasteiger partial charge in [0.05, 0.1) is 12.1 Å². The zero-order valence-electron chi connectivity index (χ0n) is 14.8. The van der Waals surface area contributed by atoms with Gasteiger partial charge in [-0.3, -0.25) is 14.5 Å². The molecule has 7 heteroatoms. The second-order valence-electron chi connectivity index (χ2n) is 6.45. The van der Waals surface area contributed by atoms with Crippen LogP contribution in [0.4, 0.5) is 8.78 Å². The smallest absolute Gasteiger partial charge is 0.254 e. The lowest BCUT2D eigenvalue weighted by atomic mass is 10.00. The minimum absolute atomic E-state index is 0.265. The number of carbonyl (C=O) groups is 2. The third kappa shape index (κ3) is 5.10.